The smallest absolute Gasteiger partial charge is 0.251 e. The molecule has 1 fully saturated rings. The molecule has 0 radical (unpaired) electrons. The highest BCUT2D eigenvalue weighted by atomic mass is 16.5. The van der Waals surface area contributed by atoms with Crippen LogP contribution in [0.2, 0.25) is 0 Å². The van der Waals surface area contributed by atoms with Crippen molar-refractivity contribution < 1.29 is 19.1 Å². The Labute approximate surface area is 171 Å². The van der Waals surface area contributed by atoms with Gasteiger partial charge in [-0.05, 0) is 36.4 Å². The van der Waals surface area contributed by atoms with Gasteiger partial charge in [-0.15, -0.1) is 0 Å². The average Bonchev–Trinajstić information content (AvgIpc) is 2.78. The van der Waals surface area contributed by atoms with E-state index in [9.17, 15) is 9.59 Å². The van der Waals surface area contributed by atoms with Gasteiger partial charge in [-0.1, -0.05) is 18.2 Å². The molecule has 0 spiro atoms. The van der Waals surface area contributed by atoms with E-state index in [4.69, 9.17) is 9.47 Å². The lowest BCUT2D eigenvalue weighted by molar-refractivity contribution is 0.0332. The largest absolute Gasteiger partial charge is 0.497 e. The van der Waals surface area contributed by atoms with Crippen LogP contribution < -0.4 is 15.4 Å². The lowest BCUT2D eigenvalue weighted by atomic mass is 10.1. The zero-order valence-electron chi connectivity index (χ0n) is 16.6. The minimum atomic E-state index is -0.227. The van der Waals surface area contributed by atoms with E-state index in [1.54, 1.807) is 43.5 Å². The van der Waals surface area contributed by atoms with Crippen molar-refractivity contribution in [1.29, 1.82) is 0 Å². The summed E-state index contributed by atoms with van der Waals surface area (Å²) in [5, 5.41) is 5.98. The van der Waals surface area contributed by atoms with Crippen LogP contribution in [0.25, 0.3) is 0 Å². The predicted molar refractivity (Wildman–Crippen MR) is 110 cm³/mol. The van der Waals surface area contributed by atoms with Crippen LogP contribution in [0.5, 0.6) is 5.75 Å². The Kier molecular flexibility index (Phi) is 7.61. The highest BCUT2D eigenvalue weighted by Gasteiger charge is 2.20. The second-order valence-corrected chi connectivity index (χ2v) is 6.89. The fourth-order valence-electron chi connectivity index (χ4n) is 3.18. The Hall–Kier alpha value is -2.90. The number of benzene rings is 2. The number of nitrogens with zero attached hydrogens (tertiary/aromatic N) is 1. The van der Waals surface area contributed by atoms with Gasteiger partial charge in [0, 0.05) is 37.3 Å². The van der Waals surface area contributed by atoms with Crippen LogP contribution in [0.15, 0.2) is 54.6 Å². The number of morpholine rings is 1. The van der Waals surface area contributed by atoms with Crippen LogP contribution in [0.3, 0.4) is 0 Å². The summed E-state index contributed by atoms with van der Waals surface area (Å²) in [5.74, 6) is 0.359. The summed E-state index contributed by atoms with van der Waals surface area (Å²) in [6.07, 6.45) is 0. The summed E-state index contributed by atoms with van der Waals surface area (Å²) < 4.78 is 10.5. The predicted octanol–water partition coefficient (Wildman–Crippen LogP) is 1.56. The summed E-state index contributed by atoms with van der Waals surface area (Å²) in [4.78, 5) is 27.3. The molecule has 1 unspecified atom stereocenters. The molecule has 2 aromatic carbocycles. The first-order valence-electron chi connectivity index (χ1n) is 9.74. The third kappa shape index (κ3) is 6.30. The van der Waals surface area contributed by atoms with Crippen molar-refractivity contribution in [3.05, 3.63) is 65.7 Å². The number of amides is 2. The molecule has 7 heteroatoms. The number of hydrogen-bond acceptors (Lipinski definition) is 5. The van der Waals surface area contributed by atoms with Gasteiger partial charge in [0.25, 0.3) is 11.8 Å². The quantitative estimate of drug-likeness (QED) is 0.707. The first-order valence-corrected chi connectivity index (χ1v) is 9.74. The molecule has 3 rings (SSSR count). The van der Waals surface area contributed by atoms with E-state index in [-0.39, 0.29) is 17.9 Å². The molecule has 1 aliphatic heterocycles. The van der Waals surface area contributed by atoms with E-state index in [0.29, 0.717) is 43.2 Å². The normalized spacial score (nSPS) is 15.3. The van der Waals surface area contributed by atoms with Crippen LogP contribution in [0.1, 0.15) is 20.7 Å². The van der Waals surface area contributed by atoms with E-state index in [0.717, 1.165) is 13.1 Å². The number of nitrogens with one attached hydrogen (secondary N) is 2. The number of carbonyl (C=O) groups is 2. The van der Waals surface area contributed by atoms with Crippen molar-refractivity contribution in [2.75, 3.05) is 46.5 Å². The molecular weight excluding hydrogens is 370 g/mol. The Morgan fingerprint density at radius 2 is 1.66 bits per heavy atom. The molecule has 1 heterocycles. The fraction of sp³-hybridized carbons (Fsp3) is 0.364. The lowest BCUT2D eigenvalue weighted by Gasteiger charge is -2.31. The van der Waals surface area contributed by atoms with Gasteiger partial charge in [0.05, 0.1) is 26.4 Å². The van der Waals surface area contributed by atoms with Gasteiger partial charge in [0.1, 0.15) is 5.75 Å². The molecular formula is C22H27N3O4. The maximum absolute atomic E-state index is 12.7. The van der Waals surface area contributed by atoms with Crippen LogP contribution in [0.4, 0.5) is 0 Å². The van der Waals surface area contributed by atoms with Gasteiger partial charge < -0.3 is 20.1 Å². The van der Waals surface area contributed by atoms with Crippen molar-refractivity contribution in [2.24, 2.45) is 0 Å². The van der Waals surface area contributed by atoms with Crippen molar-refractivity contribution in [3.8, 4) is 5.75 Å². The fourth-order valence-corrected chi connectivity index (χ4v) is 3.18. The first-order chi connectivity index (χ1) is 14.2. The van der Waals surface area contributed by atoms with Crippen molar-refractivity contribution >= 4 is 11.8 Å². The van der Waals surface area contributed by atoms with E-state index < -0.39 is 0 Å². The maximum atomic E-state index is 12.7. The molecule has 2 amide bonds. The monoisotopic (exact) mass is 397 g/mol. The number of hydrogen-bond donors (Lipinski definition) is 2. The Morgan fingerprint density at radius 1 is 1.00 bits per heavy atom. The van der Waals surface area contributed by atoms with Crippen molar-refractivity contribution in [2.45, 2.75) is 6.04 Å². The van der Waals surface area contributed by atoms with Crippen molar-refractivity contribution in [3.63, 3.8) is 0 Å². The Morgan fingerprint density at radius 3 is 2.31 bits per heavy atom. The highest BCUT2D eigenvalue weighted by Crippen LogP contribution is 2.11. The standard InChI is InChI=1S/C22H27N3O4/c1-28-20-9-7-18(8-10-20)22(27)24-19(16-25-11-13-29-14-12-25)15-23-21(26)17-5-3-2-4-6-17/h2-10,19H,11-16H2,1H3,(H,23,26)(H,24,27). The Balaban J connectivity index is 1.62. The van der Waals surface area contributed by atoms with Gasteiger partial charge >= 0.3 is 0 Å². The SMILES string of the molecule is COc1ccc(C(=O)NC(CNC(=O)c2ccccc2)CN2CCOCC2)cc1. The Bertz CT molecular complexity index is 789. The maximum Gasteiger partial charge on any atom is 0.251 e. The molecule has 7 nitrogen and oxygen atoms in total. The summed E-state index contributed by atoms with van der Waals surface area (Å²) in [6.45, 7) is 3.95. The zero-order chi connectivity index (χ0) is 20.5. The molecule has 1 aliphatic rings. The summed E-state index contributed by atoms with van der Waals surface area (Å²) in [5.41, 5.74) is 1.14. The number of rotatable bonds is 8. The van der Waals surface area contributed by atoms with Gasteiger partial charge in [-0.25, -0.2) is 0 Å². The van der Waals surface area contributed by atoms with Crippen LogP contribution in [-0.2, 0) is 4.74 Å². The molecule has 2 N–H and O–H groups in total. The van der Waals surface area contributed by atoms with Crippen LogP contribution in [-0.4, -0.2) is 69.3 Å². The molecule has 0 aliphatic carbocycles. The average molecular weight is 397 g/mol. The number of ether oxygens (including phenoxy) is 2. The molecule has 0 bridgehead atoms. The second kappa shape index (κ2) is 10.6. The summed E-state index contributed by atoms with van der Waals surface area (Å²) in [6, 6.07) is 15.8. The van der Waals surface area contributed by atoms with E-state index >= 15 is 0 Å². The molecule has 0 saturated carbocycles. The number of carbonyl (C=O) groups excluding carboxylic acids is 2. The van der Waals surface area contributed by atoms with Gasteiger partial charge in [0.2, 0.25) is 0 Å². The van der Waals surface area contributed by atoms with Gasteiger partial charge in [0.15, 0.2) is 0 Å². The second-order valence-electron chi connectivity index (χ2n) is 6.89. The van der Waals surface area contributed by atoms with Crippen molar-refractivity contribution in [1.82, 2.24) is 15.5 Å². The van der Waals surface area contributed by atoms with Gasteiger partial charge in [-0.3, -0.25) is 14.5 Å². The summed E-state index contributed by atoms with van der Waals surface area (Å²) >= 11 is 0. The van der Waals surface area contributed by atoms with Crippen LogP contribution >= 0.6 is 0 Å². The van der Waals surface area contributed by atoms with E-state index in [1.165, 1.54) is 0 Å². The van der Waals surface area contributed by atoms with E-state index in [1.807, 2.05) is 18.2 Å². The molecule has 29 heavy (non-hydrogen) atoms. The minimum Gasteiger partial charge on any atom is -0.497 e. The van der Waals surface area contributed by atoms with Gasteiger partial charge in [-0.2, -0.15) is 0 Å². The van der Waals surface area contributed by atoms with E-state index in [2.05, 4.69) is 15.5 Å². The lowest BCUT2D eigenvalue weighted by Crippen LogP contribution is -2.52. The molecule has 0 aromatic heterocycles. The first kappa shape index (κ1) is 20.8. The summed E-state index contributed by atoms with van der Waals surface area (Å²) in [7, 11) is 1.59. The molecule has 1 saturated heterocycles. The third-order valence-corrected chi connectivity index (χ3v) is 4.81. The van der Waals surface area contributed by atoms with Crippen LogP contribution in [0, 0.1) is 0 Å². The molecule has 1 atom stereocenters. The molecule has 2 aromatic rings. The topological polar surface area (TPSA) is 79.9 Å². The minimum absolute atomic E-state index is 0.156. The molecule has 154 valence electrons. The zero-order valence-corrected chi connectivity index (χ0v) is 16.6. The highest BCUT2D eigenvalue weighted by molar-refractivity contribution is 5.95. The number of methoxy groups -OCH3 is 1. The third-order valence-electron chi connectivity index (χ3n) is 4.81.